The second kappa shape index (κ2) is 8.06. The number of furan rings is 1. The van der Waals surface area contributed by atoms with Crippen molar-refractivity contribution in [1.29, 1.82) is 0 Å². The van der Waals surface area contributed by atoms with Crippen molar-refractivity contribution in [3.05, 3.63) is 93.1 Å². The van der Waals surface area contributed by atoms with Crippen molar-refractivity contribution in [2.24, 2.45) is 5.73 Å². The molecular formula is C23H22N2O6. The Kier molecular flexibility index (Phi) is 5.29. The number of rotatable bonds is 5. The van der Waals surface area contributed by atoms with Gasteiger partial charge in [-0.15, -0.1) is 0 Å². The summed E-state index contributed by atoms with van der Waals surface area (Å²) in [6.07, 6.45) is 1.55. The number of nitrogens with zero attached hydrogens (tertiary/aromatic N) is 1. The van der Waals surface area contributed by atoms with Gasteiger partial charge in [0.2, 0.25) is 5.88 Å². The lowest BCUT2D eigenvalue weighted by atomic mass is 9.83. The molecule has 2 aromatic heterocycles. The van der Waals surface area contributed by atoms with Gasteiger partial charge in [0, 0.05) is 11.8 Å². The van der Waals surface area contributed by atoms with Gasteiger partial charge in [-0.2, -0.15) is 0 Å². The van der Waals surface area contributed by atoms with Crippen LogP contribution in [0.1, 0.15) is 28.5 Å². The molecule has 1 aromatic carbocycles. The largest absolute Gasteiger partial charge is 0.497 e. The van der Waals surface area contributed by atoms with Gasteiger partial charge < -0.3 is 28.9 Å². The second-order valence-corrected chi connectivity index (χ2v) is 7.11. The van der Waals surface area contributed by atoms with E-state index < -0.39 is 11.9 Å². The van der Waals surface area contributed by atoms with Gasteiger partial charge in [0.15, 0.2) is 0 Å². The molecule has 0 fully saturated rings. The summed E-state index contributed by atoms with van der Waals surface area (Å²) in [4.78, 5) is 26.3. The minimum Gasteiger partial charge on any atom is -0.497 e. The standard InChI is InChI=1S/C23H22N2O6/c1-13-11-17-19(22(26)25(13)12-16-5-4-10-30-16)18(14-6-8-15(28-2)9-7-14)20(21(24)31-17)23(27)29-3/h4-11,18H,12,24H2,1-3H3/t18-/m1/s1. The number of benzene rings is 1. The van der Waals surface area contributed by atoms with Crippen LogP contribution in [0.4, 0.5) is 0 Å². The molecule has 4 rings (SSSR count). The van der Waals surface area contributed by atoms with Crippen molar-refractivity contribution >= 4 is 5.97 Å². The van der Waals surface area contributed by atoms with E-state index in [9.17, 15) is 9.59 Å². The van der Waals surface area contributed by atoms with E-state index in [0.29, 0.717) is 34.1 Å². The number of aromatic nitrogens is 1. The zero-order valence-electron chi connectivity index (χ0n) is 17.4. The smallest absolute Gasteiger partial charge is 0.340 e. The first-order valence-corrected chi connectivity index (χ1v) is 9.61. The lowest BCUT2D eigenvalue weighted by Crippen LogP contribution is -2.35. The number of carbonyl (C=O) groups excluding carboxylic acids is 1. The summed E-state index contributed by atoms with van der Waals surface area (Å²) < 4.78 is 22.9. The molecule has 2 N–H and O–H groups in total. The second-order valence-electron chi connectivity index (χ2n) is 7.11. The molecule has 8 nitrogen and oxygen atoms in total. The van der Waals surface area contributed by atoms with Crippen molar-refractivity contribution in [3.8, 4) is 11.5 Å². The summed E-state index contributed by atoms with van der Waals surface area (Å²) in [6.45, 7) is 2.04. The first kappa shape index (κ1) is 20.3. The first-order valence-electron chi connectivity index (χ1n) is 9.61. The summed E-state index contributed by atoms with van der Waals surface area (Å²) in [7, 11) is 2.82. The van der Waals surface area contributed by atoms with E-state index in [1.54, 1.807) is 67.3 Å². The maximum Gasteiger partial charge on any atom is 0.340 e. The number of carbonyl (C=O) groups is 1. The highest BCUT2D eigenvalue weighted by molar-refractivity contribution is 5.92. The maximum atomic E-state index is 13.6. The third-order valence-electron chi connectivity index (χ3n) is 5.32. The monoisotopic (exact) mass is 422 g/mol. The fraction of sp³-hybridized carbons (Fsp3) is 0.217. The van der Waals surface area contributed by atoms with Crippen LogP contribution in [-0.2, 0) is 16.1 Å². The molecule has 0 saturated heterocycles. The van der Waals surface area contributed by atoms with E-state index in [1.807, 2.05) is 0 Å². The lowest BCUT2D eigenvalue weighted by Gasteiger charge is -2.29. The first-order chi connectivity index (χ1) is 14.9. The average molecular weight is 422 g/mol. The van der Waals surface area contributed by atoms with Crippen LogP contribution in [0.2, 0.25) is 0 Å². The minimum atomic E-state index is -0.766. The van der Waals surface area contributed by atoms with Gasteiger partial charge in [-0.3, -0.25) is 4.79 Å². The van der Waals surface area contributed by atoms with Gasteiger partial charge in [0.25, 0.3) is 5.56 Å². The van der Waals surface area contributed by atoms with Gasteiger partial charge >= 0.3 is 5.97 Å². The summed E-state index contributed by atoms with van der Waals surface area (Å²) in [5.74, 6) is 0.0596. The quantitative estimate of drug-likeness (QED) is 0.630. The lowest BCUT2D eigenvalue weighted by molar-refractivity contribution is -0.136. The highest BCUT2D eigenvalue weighted by Gasteiger charge is 2.38. The molecule has 1 aliphatic heterocycles. The van der Waals surface area contributed by atoms with Crippen molar-refractivity contribution < 1.29 is 23.4 Å². The molecule has 0 bridgehead atoms. The molecule has 1 atom stereocenters. The SMILES string of the molecule is COC(=O)C1=C(N)Oc2cc(C)n(Cc3ccco3)c(=O)c2[C@H]1c1ccc(OC)cc1. The van der Waals surface area contributed by atoms with Crippen LogP contribution in [-0.4, -0.2) is 24.8 Å². The van der Waals surface area contributed by atoms with Crippen LogP contribution in [0.3, 0.4) is 0 Å². The molecule has 0 radical (unpaired) electrons. The highest BCUT2D eigenvalue weighted by atomic mass is 16.5. The number of hydrogen-bond donors (Lipinski definition) is 1. The predicted molar refractivity (Wildman–Crippen MR) is 112 cm³/mol. The van der Waals surface area contributed by atoms with Crippen molar-refractivity contribution in [3.63, 3.8) is 0 Å². The Labute approximate surface area is 178 Å². The zero-order valence-corrected chi connectivity index (χ0v) is 17.4. The fourth-order valence-electron chi connectivity index (χ4n) is 3.78. The summed E-state index contributed by atoms with van der Waals surface area (Å²) in [6, 6.07) is 12.4. The summed E-state index contributed by atoms with van der Waals surface area (Å²) in [5.41, 5.74) is 7.53. The van der Waals surface area contributed by atoms with E-state index in [4.69, 9.17) is 24.4 Å². The fourth-order valence-corrected chi connectivity index (χ4v) is 3.78. The molecule has 0 aliphatic carbocycles. The number of methoxy groups -OCH3 is 2. The molecule has 0 saturated carbocycles. The Morgan fingerprint density at radius 1 is 1.19 bits per heavy atom. The topological polar surface area (TPSA) is 106 Å². The van der Waals surface area contributed by atoms with Crippen LogP contribution in [0.15, 0.2) is 69.4 Å². The summed E-state index contributed by atoms with van der Waals surface area (Å²) in [5, 5.41) is 0. The van der Waals surface area contributed by atoms with Crippen LogP contribution >= 0.6 is 0 Å². The third-order valence-corrected chi connectivity index (χ3v) is 5.32. The van der Waals surface area contributed by atoms with E-state index in [0.717, 1.165) is 0 Å². The van der Waals surface area contributed by atoms with Crippen LogP contribution < -0.4 is 20.8 Å². The Morgan fingerprint density at radius 3 is 2.55 bits per heavy atom. The van der Waals surface area contributed by atoms with E-state index in [-0.39, 0.29) is 23.6 Å². The Balaban J connectivity index is 1.94. The van der Waals surface area contributed by atoms with E-state index in [2.05, 4.69) is 0 Å². The molecule has 1 aliphatic rings. The molecule has 31 heavy (non-hydrogen) atoms. The van der Waals surface area contributed by atoms with Crippen LogP contribution in [0.25, 0.3) is 0 Å². The van der Waals surface area contributed by atoms with Gasteiger partial charge in [0.1, 0.15) is 22.8 Å². The van der Waals surface area contributed by atoms with E-state index >= 15 is 0 Å². The molecule has 3 heterocycles. The Morgan fingerprint density at radius 2 is 1.94 bits per heavy atom. The van der Waals surface area contributed by atoms with Crippen LogP contribution in [0, 0.1) is 6.92 Å². The molecule has 0 amide bonds. The number of hydrogen-bond acceptors (Lipinski definition) is 7. The van der Waals surface area contributed by atoms with Gasteiger partial charge in [-0.1, -0.05) is 12.1 Å². The Hall–Kier alpha value is -3.94. The van der Waals surface area contributed by atoms with Crippen molar-refractivity contribution in [1.82, 2.24) is 4.57 Å². The number of ether oxygens (including phenoxy) is 3. The van der Waals surface area contributed by atoms with Crippen molar-refractivity contribution in [2.45, 2.75) is 19.4 Å². The molecular weight excluding hydrogens is 400 g/mol. The van der Waals surface area contributed by atoms with Crippen LogP contribution in [0.5, 0.6) is 11.5 Å². The number of fused-ring (bicyclic) bond motifs is 1. The molecule has 8 heteroatoms. The normalized spacial score (nSPS) is 15.3. The molecule has 3 aromatic rings. The van der Waals surface area contributed by atoms with Crippen molar-refractivity contribution in [2.75, 3.05) is 14.2 Å². The number of nitrogens with two attached hydrogens (primary N) is 1. The van der Waals surface area contributed by atoms with Gasteiger partial charge in [-0.25, -0.2) is 4.79 Å². The van der Waals surface area contributed by atoms with Gasteiger partial charge in [-0.05, 0) is 36.8 Å². The minimum absolute atomic E-state index is 0.0747. The molecule has 0 unspecified atom stereocenters. The maximum absolute atomic E-state index is 13.6. The van der Waals surface area contributed by atoms with E-state index in [1.165, 1.54) is 7.11 Å². The van der Waals surface area contributed by atoms with Gasteiger partial charge in [0.05, 0.1) is 38.5 Å². The Bertz CT molecular complexity index is 1210. The zero-order chi connectivity index (χ0) is 22.1. The summed E-state index contributed by atoms with van der Waals surface area (Å²) >= 11 is 0. The number of pyridine rings is 1. The number of esters is 1. The number of aryl methyl sites for hydroxylation is 1. The molecule has 0 spiro atoms. The highest BCUT2D eigenvalue weighted by Crippen LogP contribution is 2.41. The average Bonchev–Trinajstić information content (AvgIpc) is 3.28. The predicted octanol–water partition coefficient (Wildman–Crippen LogP) is 2.67. The molecule has 160 valence electrons. The third kappa shape index (κ3) is 3.56.